The van der Waals surface area contributed by atoms with Crippen LogP contribution in [-0.4, -0.2) is 11.0 Å². The Hall–Kier alpha value is -1.57. The van der Waals surface area contributed by atoms with Crippen LogP contribution < -0.4 is 5.32 Å². The third-order valence-electron chi connectivity index (χ3n) is 4.13. The highest BCUT2D eigenvalue weighted by molar-refractivity contribution is 5.80. The standard InChI is InChI=1S/C17H22N2/c1-12-9-13(2)11-15(10-12)18-17-8-7-14-5-3-4-6-16(14)19-17/h3-8,12-13,15H,9-11H2,1-2H3,(H,18,19). The molecule has 0 bridgehead atoms. The van der Waals surface area contributed by atoms with Crippen LogP contribution in [0.1, 0.15) is 33.1 Å². The Morgan fingerprint density at radius 2 is 1.68 bits per heavy atom. The van der Waals surface area contributed by atoms with Crippen LogP contribution in [0, 0.1) is 11.8 Å². The Balaban J connectivity index is 1.77. The number of hydrogen-bond acceptors (Lipinski definition) is 2. The second kappa shape index (κ2) is 5.20. The lowest BCUT2D eigenvalue weighted by Gasteiger charge is -2.32. The van der Waals surface area contributed by atoms with Gasteiger partial charge in [0.05, 0.1) is 5.52 Å². The molecule has 2 heteroatoms. The van der Waals surface area contributed by atoms with Crippen LogP contribution >= 0.6 is 0 Å². The zero-order valence-electron chi connectivity index (χ0n) is 11.8. The fourth-order valence-electron chi connectivity index (χ4n) is 3.42. The molecule has 0 saturated heterocycles. The lowest BCUT2D eigenvalue weighted by molar-refractivity contribution is 0.280. The van der Waals surface area contributed by atoms with Gasteiger partial charge in [0.1, 0.15) is 5.82 Å². The van der Waals surface area contributed by atoms with Crippen molar-refractivity contribution in [3.8, 4) is 0 Å². The van der Waals surface area contributed by atoms with Gasteiger partial charge in [-0.25, -0.2) is 4.98 Å². The van der Waals surface area contributed by atoms with Crippen molar-refractivity contribution in [3.63, 3.8) is 0 Å². The molecule has 3 rings (SSSR count). The molecule has 1 saturated carbocycles. The molecule has 0 radical (unpaired) electrons. The molecule has 1 fully saturated rings. The Kier molecular flexibility index (Phi) is 3.41. The van der Waals surface area contributed by atoms with Crippen LogP contribution in [0.15, 0.2) is 36.4 Å². The maximum Gasteiger partial charge on any atom is 0.126 e. The summed E-state index contributed by atoms with van der Waals surface area (Å²) in [5.74, 6) is 2.66. The summed E-state index contributed by atoms with van der Waals surface area (Å²) < 4.78 is 0. The number of benzene rings is 1. The molecule has 1 heterocycles. The van der Waals surface area contributed by atoms with Crippen molar-refractivity contribution in [2.75, 3.05) is 5.32 Å². The van der Waals surface area contributed by atoms with Crippen molar-refractivity contribution in [3.05, 3.63) is 36.4 Å². The predicted octanol–water partition coefficient (Wildman–Crippen LogP) is 4.47. The summed E-state index contributed by atoms with van der Waals surface area (Å²) in [7, 11) is 0. The average Bonchev–Trinajstić information content (AvgIpc) is 2.37. The molecule has 0 amide bonds. The third kappa shape index (κ3) is 2.89. The van der Waals surface area contributed by atoms with Crippen LogP contribution in [-0.2, 0) is 0 Å². The summed E-state index contributed by atoms with van der Waals surface area (Å²) in [5, 5.41) is 4.83. The molecular formula is C17H22N2. The van der Waals surface area contributed by atoms with Crippen molar-refractivity contribution >= 4 is 16.7 Å². The summed E-state index contributed by atoms with van der Waals surface area (Å²) >= 11 is 0. The van der Waals surface area contributed by atoms with E-state index in [9.17, 15) is 0 Å². The third-order valence-corrected chi connectivity index (χ3v) is 4.13. The molecule has 1 N–H and O–H groups in total. The molecule has 1 aromatic heterocycles. The first-order valence-corrected chi connectivity index (χ1v) is 7.33. The Bertz CT molecular complexity index is 554. The first kappa shape index (κ1) is 12.5. The van der Waals surface area contributed by atoms with Gasteiger partial charge in [0, 0.05) is 11.4 Å². The van der Waals surface area contributed by atoms with E-state index in [1.54, 1.807) is 0 Å². The zero-order valence-corrected chi connectivity index (χ0v) is 11.8. The highest BCUT2D eigenvalue weighted by Gasteiger charge is 2.23. The number of anilines is 1. The van der Waals surface area contributed by atoms with Crippen molar-refractivity contribution in [2.45, 2.75) is 39.2 Å². The Labute approximate surface area is 115 Å². The van der Waals surface area contributed by atoms with Crippen LogP contribution in [0.5, 0.6) is 0 Å². The smallest absolute Gasteiger partial charge is 0.126 e. The number of fused-ring (bicyclic) bond motifs is 1. The summed E-state index contributed by atoms with van der Waals surface area (Å²) in [6.07, 6.45) is 3.89. The highest BCUT2D eigenvalue weighted by Crippen LogP contribution is 2.30. The molecule has 1 aromatic carbocycles. The van der Waals surface area contributed by atoms with E-state index in [0.717, 1.165) is 23.2 Å². The van der Waals surface area contributed by atoms with Gasteiger partial charge >= 0.3 is 0 Å². The lowest BCUT2D eigenvalue weighted by atomic mass is 9.80. The number of para-hydroxylation sites is 1. The summed E-state index contributed by atoms with van der Waals surface area (Å²) in [6.45, 7) is 4.72. The monoisotopic (exact) mass is 254 g/mol. The van der Waals surface area contributed by atoms with Crippen LogP contribution in [0.2, 0.25) is 0 Å². The van der Waals surface area contributed by atoms with E-state index in [4.69, 9.17) is 4.98 Å². The van der Waals surface area contributed by atoms with Crippen LogP contribution in [0.25, 0.3) is 10.9 Å². The molecule has 2 aromatic rings. The molecule has 19 heavy (non-hydrogen) atoms. The number of nitrogens with one attached hydrogen (secondary N) is 1. The molecular weight excluding hydrogens is 232 g/mol. The minimum absolute atomic E-state index is 0.576. The van der Waals surface area contributed by atoms with Crippen molar-refractivity contribution in [1.82, 2.24) is 4.98 Å². The second-order valence-electron chi connectivity index (χ2n) is 6.15. The number of hydrogen-bond donors (Lipinski definition) is 1. The molecule has 0 aliphatic heterocycles. The minimum Gasteiger partial charge on any atom is -0.367 e. The van der Waals surface area contributed by atoms with Crippen molar-refractivity contribution < 1.29 is 0 Å². The quantitative estimate of drug-likeness (QED) is 0.855. The first-order valence-electron chi connectivity index (χ1n) is 7.33. The molecule has 1 aliphatic rings. The topological polar surface area (TPSA) is 24.9 Å². The van der Waals surface area contributed by atoms with Gasteiger partial charge in [-0.3, -0.25) is 0 Å². The molecule has 2 atom stereocenters. The van der Waals surface area contributed by atoms with Crippen molar-refractivity contribution in [1.29, 1.82) is 0 Å². The van der Waals surface area contributed by atoms with Crippen molar-refractivity contribution in [2.24, 2.45) is 11.8 Å². The fraction of sp³-hybridized carbons (Fsp3) is 0.471. The van der Waals surface area contributed by atoms with Gasteiger partial charge in [-0.05, 0) is 49.3 Å². The molecule has 1 aliphatic carbocycles. The predicted molar refractivity (Wildman–Crippen MR) is 81.3 cm³/mol. The van der Waals surface area contributed by atoms with Gasteiger partial charge in [-0.2, -0.15) is 0 Å². The molecule has 100 valence electrons. The molecule has 2 nitrogen and oxygen atoms in total. The van der Waals surface area contributed by atoms with E-state index in [1.165, 1.54) is 24.6 Å². The highest BCUT2D eigenvalue weighted by atomic mass is 15.0. The number of rotatable bonds is 2. The Morgan fingerprint density at radius 1 is 0.947 bits per heavy atom. The van der Waals surface area contributed by atoms with E-state index >= 15 is 0 Å². The van der Waals surface area contributed by atoms with Crippen LogP contribution in [0.3, 0.4) is 0 Å². The first-order chi connectivity index (χ1) is 9.20. The van der Waals surface area contributed by atoms with Gasteiger partial charge in [0.25, 0.3) is 0 Å². The Morgan fingerprint density at radius 3 is 2.47 bits per heavy atom. The normalized spacial score (nSPS) is 27.4. The SMILES string of the molecule is CC1CC(C)CC(Nc2ccc3ccccc3n2)C1. The van der Waals surface area contributed by atoms with Gasteiger partial charge in [0.15, 0.2) is 0 Å². The van der Waals surface area contributed by atoms with Gasteiger partial charge in [-0.1, -0.05) is 32.0 Å². The maximum atomic E-state index is 4.71. The summed E-state index contributed by atoms with van der Waals surface area (Å²) in [6, 6.07) is 13.1. The lowest BCUT2D eigenvalue weighted by Crippen LogP contribution is -2.30. The van der Waals surface area contributed by atoms with E-state index in [2.05, 4.69) is 49.5 Å². The van der Waals surface area contributed by atoms with Crippen LogP contribution in [0.4, 0.5) is 5.82 Å². The van der Waals surface area contributed by atoms with E-state index in [0.29, 0.717) is 6.04 Å². The molecule has 2 unspecified atom stereocenters. The van der Waals surface area contributed by atoms with E-state index in [1.807, 2.05) is 6.07 Å². The number of pyridine rings is 1. The van der Waals surface area contributed by atoms with Gasteiger partial charge in [-0.15, -0.1) is 0 Å². The summed E-state index contributed by atoms with van der Waals surface area (Å²) in [5.41, 5.74) is 1.07. The van der Waals surface area contributed by atoms with Gasteiger partial charge in [0.2, 0.25) is 0 Å². The number of nitrogens with zero attached hydrogens (tertiary/aromatic N) is 1. The fourth-order valence-corrected chi connectivity index (χ4v) is 3.42. The minimum atomic E-state index is 0.576. The molecule has 0 spiro atoms. The van der Waals surface area contributed by atoms with Gasteiger partial charge < -0.3 is 5.32 Å². The zero-order chi connectivity index (χ0) is 13.2. The second-order valence-corrected chi connectivity index (χ2v) is 6.15. The largest absolute Gasteiger partial charge is 0.367 e. The average molecular weight is 254 g/mol. The summed E-state index contributed by atoms with van der Waals surface area (Å²) in [4.78, 5) is 4.71. The number of aromatic nitrogens is 1. The maximum absolute atomic E-state index is 4.71. The van der Waals surface area contributed by atoms with E-state index < -0.39 is 0 Å². The van der Waals surface area contributed by atoms with E-state index in [-0.39, 0.29) is 0 Å².